The monoisotopic (exact) mass is 292 g/mol. The maximum atomic E-state index is 11.9. The number of fused-ring (bicyclic) bond motifs is 1. The molecule has 0 saturated heterocycles. The van der Waals surface area contributed by atoms with E-state index in [-0.39, 0.29) is 17.8 Å². The van der Waals surface area contributed by atoms with Gasteiger partial charge >= 0.3 is 5.97 Å². The number of carbonyl (C=O) groups is 2. The Labute approximate surface area is 119 Å². The van der Waals surface area contributed by atoms with Crippen LogP contribution in [0.2, 0.25) is 0 Å². The van der Waals surface area contributed by atoms with Gasteiger partial charge in [0, 0.05) is 17.7 Å². The number of nitro groups is 1. The molecule has 0 saturated carbocycles. The average molecular weight is 292 g/mol. The Hall–Kier alpha value is -2.77. The van der Waals surface area contributed by atoms with Crippen LogP contribution in [0.1, 0.15) is 17.5 Å². The summed E-state index contributed by atoms with van der Waals surface area (Å²) in [5.41, 5.74) is 0.805. The number of hydrogen-bond donors (Lipinski definition) is 1. The zero-order chi connectivity index (χ0) is 15.6. The zero-order valence-electron chi connectivity index (χ0n) is 11.1. The Morgan fingerprint density at radius 3 is 2.76 bits per heavy atom. The normalized spacial score (nSPS) is 18.9. The highest BCUT2D eigenvalue weighted by atomic mass is 16.6. The number of ether oxygens (including phenoxy) is 1. The fourth-order valence-corrected chi connectivity index (χ4v) is 2.38. The van der Waals surface area contributed by atoms with Crippen LogP contribution in [0.25, 0.3) is 0 Å². The molecule has 0 aliphatic heterocycles. The van der Waals surface area contributed by atoms with Crippen molar-refractivity contribution in [2.24, 2.45) is 11.1 Å². The molecule has 0 spiro atoms. The van der Waals surface area contributed by atoms with Gasteiger partial charge in [0.05, 0.1) is 23.7 Å². The van der Waals surface area contributed by atoms with Crippen molar-refractivity contribution in [3.8, 4) is 0 Å². The van der Waals surface area contributed by atoms with Crippen LogP contribution in [0.15, 0.2) is 23.4 Å². The van der Waals surface area contributed by atoms with Crippen molar-refractivity contribution in [2.75, 3.05) is 7.11 Å². The molecule has 0 radical (unpaired) electrons. The van der Waals surface area contributed by atoms with Crippen molar-refractivity contribution in [3.05, 3.63) is 39.4 Å². The minimum Gasteiger partial charge on any atom is -0.463 e. The van der Waals surface area contributed by atoms with E-state index in [4.69, 9.17) is 5.21 Å². The summed E-state index contributed by atoms with van der Waals surface area (Å²) in [6.07, 6.45) is 0.720. The third-order valence-corrected chi connectivity index (χ3v) is 3.42. The van der Waals surface area contributed by atoms with Gasteiger partial charge in [0.15, 0.2) is 0 Å². The number of aryl methyl sites for hydroxylation is 1. The Kier molecular flexibility index (Phi) is 3.97. The largest absolute Gasteiger partial charge is 0.463 e. The summed E-state index contributed by atoms with van der Waals surface area (Å²) in [7, 11) is 1.08. The molecule has 21 heavy (non-hydrogen) atoms. The first kappa shape index (κ1) is 14.6. The number of esters is 1. The maximum Gasteiger partial charge on any atom is 0.375 e. The number of carbonyl (C=O) groups excluding carboxylic acids is 2. The van der Waals surface area contributed by atoms with Gasteiger partial charge in [-0.25, -0.2) is 4.79 Å². The first-order valence-corrected chi connectivity index (χ1v) is 6.11. The molecule has 8 heteroatoms. The van der Waals surface area contributed by atoms with E-state index < -0.39 is 22.6 Å². The van der Waals surface area contributed by atoms with E-state index in [9.17, 15) is 19.7 Å². The second-order valence-corrected chi connectivity index (χ2v) is 4.53. The van der Waals surface area contributed by atoms with Crippen LogP contribution in [0.4, 0.5) is 5.69 Å². The van der Waals surface area contributed by atoms with Crippen LogP contribution in [0.3, 0.4) is 0 Å². The predicted octanol–water partition coefficient (Wildman–Crippen LogP) is 1.08. The highest BCUT2D eigenvalue weighted by molar-refractivity contribution is 6.40. The summed E-state index contributed by atoms with van der Waals surface area (Å²) < 4.78 is 4.37. The Balaban J connectivity index is 2.46. The summed E-state index contributed by atoms with van der Waals surface area (Å²) in [6, 6.07) is 4.13. The number of non-ortho nitro benzene ring substituents is 1. The first-order chi connectivity index (χ1) is 9.99. The number of Topliss-reactive ketones (excluding diaryl/α,β-unsaturated/α-hetero) is 1. The van der Waals surface area contributed by atoms with Gasteiger partial charge in [-0.05, 0) is 18.4 Å². The average Bonchev–Trinajstić information content (AvgIpc) is 2.51. The van der Waals surface area contributed by atoms with Gasteiger partial charge in [-0.1, -0.05) is 11.2 Å². The molecule has 110 valence electrons. The fraction of sp³-hybridized carbons (Fsp3) is 0.308. The molecule has 8 nitrogen and oxygen atoms in total. The molecule has 0 aromatic heterocycles. The van der Waals surface area contributed by atoms with E-state index in [1.54, 1.807) is 6.07 Å². The van der Waals surface area contributed by atoms with E-state index in [2.05, 4.69) is 9.89 Å². The van der Waals surface area contributed by atoms with E-state index in [1.807, 2.05) is 0 Å². The lowest BCUT2D eigenvalue weighted by atomic mass is 9.79. The minimum atomic E-state index is -1.03. The number of methoxy groups -OCH3 is 1. The second-order valence-electron chi connectivity index (χ2n) is 4.53. The van der Waals surface area contributed by atoms with E-state index in [1.165, 1.54) is 12.1 Å². The first-order valence-electron chi connectivity index (χ1n) is 6.11. The maximum absolute atomic E-state index is 11.9. The third-order valence-electron chi connectivity index (χ3n) is 3.42. The highest BCUT2D eigenvalue weighted by Crippen LogP contribution is 2.30. The second kappa shape index (κ2) is 5.70. The van der Waals surface area contributed by atoms with Crippen molar-refractivity contribution >= 4 is 23.2 Å². The SMILES string of the molecule is COC(=O)C(=O)C1CCc2ccc([N+](=O)[O-])cc2C1=NO. The fourth-order valence-electron chi connectivity index (χ4n) is 2.38. The van der Waals surface area contributed by atoms with E-state index in [0.717, 1.165) is 12.7 Å². The third kappa shape index (κ3) is 2.60. The number of nitrogens with zero attached hydrogens (tertiary/aromatic N) is 2. The van der Waals surface area contributed by atoms with Gasteiger partial charge in [0.25, 0.3) is 5.69 Å². The van der Waals surface area contributed by atoms with Crippen LogP contribution in [0, 0.1) is 16.0 Å². The minimum absolute atomic E-state index is 0.0460. The number of nitro benzene ring substituents is 1. The van der Waals surface area contributed by atoms with Gasteiger partial charge in [0.1, 0.15) is 0 Å². The standard InChI is InChI=1S/C13H12N2O6/c1-21-13(17)12(16)9-5-3-7-2-4-8(15(19)20)6-10(7)11(9)14-18/h2,4,6,9,18H,3,5H2,1H3. The van der Waals surface area contributed by atoms with E-state index in [0.29, 0.717) is 12.0 Å². The lowest BCUT2D eigenvalue weighted by molar-refractivity contribution is -0.384. The number of benzene rings is 1. The highest BCUT2D eigenvalue weighted by Gasteiger charge is 2.36. The van der Waals surface area contributed by atoms with Crippen LogP contribution >= 0.6 is 0 Å². The molecule has 1 aromatic carbocycles. The molecule has 1 aromatic rings. The van der Waals surface area contributed by atoms with Crippen molar-refractivity contribution in [2.45, 2.75) is 12.8 Å². The van der Waals surface area contributed by atoms with Crippen molar-refractivity contribution in [3.63, 3.8) is 0 Å². The molecule has 1 N–H and O–H groups in total. The summed E-state index contributed by atoms with van der Waals surface area (Å²) in [6.45, 7) is 0. The Morgan fingerprint density at radius 1 is 1.48 bits per heavy atom. The summed E-state index contributed by atoms with van der Waals surface area (Å²) in [5.74, 6) is -2.82. The van der Waals surface area contributed by atoms with Crippen LogP contribution < -0.4 is 0 Å². The van der Waals surface area contributed by atoms with Gasteiger partial charge < -0.3 is 9.94 Å². The molecule has 0 amide bonds. The van der Waals surface area contributed by atoms with Crippen molar-refractivity contribution in [1.29, 1.82) is 0 Å². The van der Waals surface area contributed by atoms with Gasteiger partial charge in [-0.15, -0.1) is 0 Å². The summed E-state index contributed by atoms with van der Waals surface area (Å²) in [4.78, 5) is 33.5. The number of oxime groups is 1. The van der Waals surface area contributed by atoms with Crippen LogP contribution in [-0.2, 0) is 20.7 Å². The van der Waals surface area contributed by atoms with Crippen molar-refractivity contribution in [1.82, 2.24) is 0 Å². The predicted molar refractivity (Wildman–Crippen MR) is 70.3 cm³/mol. The summed E-state index contributed by atoms with van der Waals surface area (Å²) in [5, 5.41) is 23.0. The molecule has 1 aliphatic rings. The molecule has 2 rings (SSSR count). The molecular formula is C13H12N2O6. The summed E-state index contributed by atoms with van der Waals surface area (Å²) >= 11 is 0. The lowest BCUT2D eigenvalue weighted by Crippen LogP contribution is -2.35. The molecule has 0 fully saturated rings. The van der Waals surface area contributed by atoms with Crippen LogP contribution in [0.5, 0.6) is 0 Å². The molecule has 1 unspecified atom stereocenters. The Bertz CT molecular complexity index is 652. The molecule has 0 bridgehead atoms. The number of hydrogen-bond acceptors (Lipinski definition) is 7. The van der Waals surface area contributed by atoms with Crippen molar-refractivity contribution < 1.29 is 24.5 Å². The van der Waals surface area contributed by atoms with Crippen LogP contribution in [-0.4, -0.2) is 34.7 Å². The van der Waals surface area contributed by atoms with Gasteiger partial charge in [-0.3, -0.25) is 14.9 Å². The molecule has 0 heterocycles. The lowest BCUT2D eigenvalue weighted by Gasteiger charge is -2.23. The molecular weight excluding hydrogens is 280 g/mol. The topological polar surface area (TPSA) is 119 Å². The Morgan fingerprint density at radius 2 is 2.19 bits per heavy atom. The number of rotatable bonds is 3. The molecule has 1 atom stereocenters. The quantitative estimate of drug-likeness (QED) is 0.292. The van der Waals surface area contributed by atoms with Gasteiger partial charge in [-0.2, -0.15) is 0 Å². The number of ketones is 1. The van der Waals surface area contributed by atoms with E-state index >= 15 is 0 Å². The zero-order valence-corrected chi connectivity index (χ0v) is 11.1. The van der Waals surface area contributed by atoms with Gasteiger partial charge in [0.2, 0.25) is 5.78 Å². The molecule has 1 aliphatic carbocycles. The smallest absolute Gasteiger partial charge is 0.375 e.